The van der Waals surface area contributed by atoms with Crippen molar-refractivity contribution in [1.29, 1.82) is 0 Å². The van der Waals surface area contributed by atoms with E-state index in [0.29, 0.717) is 10.7 Å². The fourth-order valence-corrected chi connectivity index (χ4v) is 1.35. The van der Waals surface area contributed by atoms with Gasteiger partial charge < -0.3 is 5.11 Å². The van der Waals surface area contributed by atoms with Gasteiger partial charge in [0.1, 0.15) is 5.69 Å². The summed E-state index contributed by atoms with van der Waals surface area (Å²) >= 11 is 5.96. The third-order valence-electron chi connectivity index (χ3n) is 1.80. The van der Waals surface area contributed by atoms with E-state index in [4.69, 9.17) is 16.7 Å². The number of hydrogen-bond donors (Lipinski definition) is 1. The Kier molecular flexibility index (Phi) is 2.47. The first kappa shape index (κ1) is 9.18. The fourth-order valence-electron chi connectivity index (χ4n) is 1.13. The van der Waals surface area contributed by atoms with Crippen molar-refractivity contribution in [3.8, 4) is 5.69 Å². The van der Waals surface area contributed by atoms with Crippen LogP contribution in [0.2, 0.25) is 5.02 Å². The van der Waals surface area contributed by atoms with Gasteiger partial charge in [-0.2, -0.15) is 0 Å². The third-order valence-corrected chi connectivity index (χ3v) is 2.12. The van der Waals surface area contributed by atoms with Crippen LogP contribution in [0.15, 0.2) is 30.5 Å². The van der Waals surface area contributed by atoms with Crippen LogP contribution >= 0.6 is 11.6 Å². The van der Waals surface area contributed by atoms with Crippen LogP contribution in [0.4, 0.5) is 0 Å². The van der Waals surface area contributed by atoms with E-state index < -0.39 is 0 Å². The van der Waals surface area contributed by atoms with E-state index in [1.165, 1.54) is 4.68 Å². The number of aromatic nitrogens is 3. The number of benzene rings is 1. The topological polar surface area (TPSA) is 50.9 Å². The fraction of sp³-hybridized carbons (Fsp3) is 0.111. The summed E-state index contributed by atoms with van der Waals surface area (Å²) in [5.41, 5.74) is 1.27. The zero-order valence-electron chi connectivity index (χ0n) is 7.26. The van der Waals surface area contributed by atoms with Crippen LogP contribution in [0.3, 0.4) is 0 Å². The molecule has 2 rings (SSSR count). The third kappa shape index (κ3) is 1.62. The monoisotopic (exact) mass is 209 g/mol. The molecule has 2 aromatic rings. The molecule has 0 atom stereocenters. The predicted octanol–water partition coefficient (Wildman–Crippen LogP) is 1.41. The van der Waals surface area contributed by atoms with E-state index in [9.17, 15) is 0 Å². The quantitative estimate of drug-likeness (QED) is 0.814. The molecule has 5 heteroatoms. The van der Waals surface area contributed by atoms with Crippen molar-refractivity contribution in [2.24, 2.45) is 0 Å². The molecule has 0 saturated heterocycles. The van der Waals surface area contributed by atoms with Gasteiger partial charge in [-0.3, -0.25) is 0 Å². The molecular weight excluding hydrogens is 202 g/mol. The van der Waals surface area contributed by atoms with Crippen LogP contribution in [0, 0.1) is 0 Å². The van der Waals surface area contributed by atoms with Crippen LogP contribution in [0.5, 0.6) is 0 Å². The Morgan fingerprint density at radius 3 is 2.79 bits per heavy atom. The first-order valence-corrected chi connectivity index (χ1v) is 4.46. The number of hydrogen-bond acceptors (Lipinski definition) is 3. The molecule has 0 bridgehead atoms. The summed E-state index contributed by atoms with van der Waals surface area (Å²) in [5.74, 6) is 0. The van der Waals surface area contributed by atoms with Crippen molar-refractivity contribution >= 4 is 11.6 Å². The number of aliphatic hydroxyl groups is 1. The van der Waals surface area contributed by atoms with E-state index in [1.807, 2.05) is 18.2 Å². The molecule has 0 aliphatic rings. The highest BCUT2D eigenvalue weighted by atomic mass is 35.5. The lowest BCUT2D eigenvalue weighted by atomic mass is 10.3. The highest BCUT2D eigenvalue weighted by molar-refractivity contribution is 6.32. The lowest BCUT2D eigenvalue weighted by Crippen LogP contribution is -1.95. The smallest absolute Gasteiger partial charge is 0.109 e. The Bertz CT molecular complexity index is 441. The average molecular weight is 210 g/mol. The van der Waals surface area contributed by atoms with Crippen LogP contribution in [0.1, 0.15) is 5.69 Å². The minimum atomic E-state index is -0.121. The Hall–Kier alpha value is -1.39. The van der Waals surface area contributed by atoms with Crippen molar-refractivity contribution in [2.45, 2.75) is 6.61 Å². The molecule has 0 fully saturated rings. The van der Waals surface area contributed by atoms with E-state index in [1.54, 1.807) is 12.3 Å². The van der Waals surface area contributed by atoms with Gasteiger partial charge in [-0.05, 0) is 12.1 Å². The van der Waals surface area contributed by atoms with E-state index in [-0.39, 0.29) is 6.61 Å². The van der Waals surface area contributed by atoms with Crippen molar-refractivity contribution in [1.82, 2.24) is 15.0 Å². The van der Waals surface area contributed by atoms with Crippen LogP contribution in [-0.4, -0.2) is 20.1 Å². The molecule has 0 aliphatic carbocycles. The van der Waals surface area contributed by atoms with Crippen LogP contribution in [0.25, 0.3) is 5.69 Å². The summed E-state index contributed by atoms with van der Waals surface area (Å²) in [4.78, 5) is 0. The molecule has 0 unspecified atom stereocenters. The summed E-state index contributed by atoms with van der Waals surface area (Å²) in [7, 11) is 0. The second kappa shape index (κ2) is 3.77. The van der Waals surface area contributed by atoms with Crippen molar-refractivity contribution in [3.63, 3.8) is 0 Å². The zero-order chi connectivity index (χ0) is 9.97. The van der Waals surface area contributed by atoms with Gasteiger partial charge in [0.05, 0.1) is 23.5 Å². The number of aliphatic hydroxyl groups excluding tert-OH is 1. The number of nitrogens with zero attached hydrogens (tertiary/aromatic N) is 3. The molecule has 1 aromatic heterocycles. The van der Waals surface area contributed by atoms with Crippen molar-refractivity contribution in [2.75, 3.05) is 0 Å². The summed E-state index contributed by atoms with van der Waals surface area (Å²) in [5, 5.41) is 17.0. The highest BCUT2D eigenvalue weighted by Crippen LogP contribution is 2.18. The summed E-state index contributed by atoms with van der Waals surface area (Å²) < 4.78 is 1.54. The molecule has 0 saturated carbocycles. The van der Waals surface area contributed by atoms with E-state index in [0.717, 1.165) is 5.69 Å². The molecule has 1 heterocycles. The number of halogens is 1. The van der Waals surface area contributed by atoms with Gasteiger partial charge in [-0.1, -0.05) is 28.9 Å². The van der Waals surface area contributed by atoms with Crippen LogP contribution in [-0.2, 0) is 6.61 Å². The first-order valence-electron chi connectivity index (χ1n) is 4.08. The van der Waals surface area contributed by atoms with Gasteiger partial charge in [-0.25, -0.2) is 4.68 Å². The number of rotatable bonds is 2. The SMILES string of the molecule is OCc1cn(-c2ccccc2Cl)nn1. The minimum Gasteiger partial charge on any atom is -0.390 e. The second-order valence-corrected chi connectivity index (χ2v) is 3.17. The van der Waals surface area contributed by atoms with Crippen LogP contribution < -0.4 is 0 Å². The summed E-state index contributed by atoms with van der Waals surface area (Å²) in [6.45, 7) is -0.121. The van der Waals surface area contributed by atoms with Gasteiger partial charge in [0, 0.05) is 0 Å². The number of para-hydroxylation sites is 1. The Morgan fingerprint density at radius 1 is 1.36 bits per heavy atom. The lowest BCUT2D eigenvalue weighted by Gasteiger charge is -2.00. The normalized spacial score (nSPS) is 10.4. The average Bonchev–Trinajstić information content (AvgIpc) is 2.67. The molecule has 14 heavy (non-hydrogen) atoms. The van der Waals surface area contributed by atoms with Gasteiger partial charge >= 0.3 is 0 Å². The second-order valence-electron chi connectivity index (χ2n) is 2.76. The maximum absolute atomic E-state index is 8.82. The zero-order valence-corrected chi connectivity index (χ0v) is 8.02. The van der Waals surface area contributed by atoms with Gasteiger partial charge in [0.2, 0.25) is 0 Å². The molecular formula is C9H8ClN3O. The maximum atomic E-state index is 8.82. The van der Waals surface area contributed by atoms with Gasteiger partial charge in [-0.15, -0.1) is 5.10 Å². The summed E-state index contributed by atoms with van der Waals surface area (Å²) in [6.07, 6.45) is 1.64. The largest absolute Gasteiger partial charge is 0.390 e. The first-order chi connectivity index (χ1) is 6.81. The van der Waals surface area contributed by atoms with E-state index in [2.05, 4.69) is 10.3 Å². The predicted molar refractivity (Wildman–Crippen MR) is 52.3 cm³/mol. The van der Waals surface area contributed by atoms with Crippen molar-refractivity contribution in [3.05, 3.63) is 41.2 Å². The molecule has 0 aliphatic heterocycles. The lowest BCUT2D eigenvalue weighted by molar-refractivity contribution is 0.276. The molecule has 72 valence electrons. The van der Waals surface area contributed by atoms with Gasteiger partial charge in [0.25, 0.3) is 0 Å². The molecule has 1 aromatic carbocycles. The highest BCUT2D eigenvalue weighted by Gasteiger charge is 2.04. The Balaban J connectivity index is 2.44. The summed E-state index contributed by atoms with van der Waals surface area (Å²) in [6, 6.07) is 7.31. The van der Waals surface area contributed by atoms with Gasteiger partial charge in [0.15, 0.2) is 0 Å². The Morgan fingerprint density at radius 2 is 2.14 bits per heavy atom. The standard InChI is InChI=1S/C9H8ClN3O/c10-8-3-1-2-4-9(8)13-5-7(6-14)11-12-13/h1-5,14H,6H2. The van der Waals surface area contributed by atoms with E-state index >= 15 is 0 Å². The molecule has 0 radical (unpaired) electrons. The minimum absolute atomic E-state index is 0.121. The van der Waals surface area contributed by atoms with Crippen molar-refractivity contribution < 1.29 is 5.11 Å². The molecule has 4 nitrogen and oxygen atoms in total. The molecule has 0 spiro atoms. The molecule has 1 N–H and O–H groups in total. The molecule has 0 amide bonds. The maximum Gasteiger partial charge on any atom is 0.109 e. The Labute approximate surface area is 85.7 Å².